The number of nitrogens with zero attached hydrogens (tertiary/aromatic N) is 5. The molecule has 4 heterocycles. The summed E-state index contributed by atoms with van der Waals surface area (Å²) in [6.45, 7) is 2.07. The summed E-state index contributed by atoms with van der Waals surface area (Å²) in [4.78, 5) is 8.09. The van der Waals surface area contributed by atoms with E-state index in [4.69, 9.17) is 21.1 Å². The molecule has 1 aliphatic rings. The lowest BCUT2D eigenvalue weighted by molar-refractivity contribution is -0.141. The van der Waals surface area contributed by atoms with Gasteiger partial charge in [-0.15, -0.1) is 10.2 Å². The Kier molecular flexibility index (Phi) is 4.91. The van der Waals surface area contributed by atoms with E-state index in [-0.39, 0.29) is 40.9 Å². The second-order valence-electron chi connectivity index (χ2n) is 7.32. The van der Waals surface area contributed by atoms with Crippen LogP contribution in [0.3, 0.4) is 0 Å². The van der Waals surface area contributed by atoms with Crippen LogP contribution in [0.2, 0.25) is 5.02 Å². The van der Waals surface area contributed by atoms with Gasteiger partial charge in [-0.2, -0.15) is 13.2 Å². The summed E-state index contributed by atoms with van der Waals surface area (Å²) in [6.07, 6.45) is -5.96. The fourth-order valence-corrected chi connectivity index (χ4v) is 3.74. The highest BCUT2D eigenvalue weighted by atomic mass is 35.5. The van der Waals surface area contributed by atoms with Crippen molar-refractivity contribution in [2.24, 2.45) is 0 Å². The molecule has 0 spiro atoms. The molecule has 3 aromatic heterocycles. The molecule has 1 fully saturated rings. The van der Waals surface area contributed by atoms with Crippen LogP contribution in [0.1, 0.15) is 11.4 Å². The first kappa shape index (κ1) is 20.9. The Hall–Kier alpha value is -3.02. The molecule has 0 amide bonds. The van der Waals surface area contributed by atoms with Gasteiger partial charge in [0.05, 0.1) is 23.9 Å². The predicted octanol–water partition coefficient (Wildman–Crippen LogP) is 3.46. The van der Waals surface area contributed by atoms with Crippen LogP contribution in [0.4, 0.5) is 13.2 Å². The topological polar surface area (TPSA) is 94.7 Å². The highest BCUT2D eigenvalue weighted by molar-refractivity contribution is 6.33. The van der Waals surface area contributed by atoms with E-state index in [1.165, 1.54) is 10.5 Å². The van der Waals surface area contributed by atoms with E-state index in [0.717, 1.165) is 6.07 Å². The lowest BCUT2D eigenvalue weighted by Crippen LogP contribution is -2.29. The van der Waals surface area contributed by atoms with Crippen molar-refractivity contribution in [1.82, 2.24) is 24.6 Å². The van der Waals surface area contributed by atoms with Gasteiger partial charge in [-0.1, -0.05) is 11.6 Å². The van der Waals surface area contributed by atoms with Crippen molar-refractivity contribution in [3.8, 4) is 17.1 Å². The van der Waals surface area contributed by atoms with E-state index in [1.54, 1.807) is 25.1 Å². The van der Waals surface area contributed by atoms with Gasteiger partial charge in [0.2, 0.25) is 0 Å². The summed E-state index contributed by atoms with van der Waals surface area (Å²) < 4.78 is 52.3. The summed E-state index contributed by atoms with van der Waals surface area (Å²) in [6, 6.07) is 6.90. The normalized spacial score (nSPS) is 19.2. The molecule has 2 atom stereocenters. The smallest absolute Gasteiger partial charge is 0.433 e. The number of halogens is 4. The second-order valence-corrected chi connectivity index (χ2v) is 7.73. The SMILES string of the molecule is Cc1nc2ccc(C(F)(F)F)nc2n2c(-c3cc(OC4COCC4O)ccc3Cl)nnc12. The maximum absolute atomic E-state index is 13.3. The molecule has 1 aliphatic heterocycles. The molecule has 1 N–H and O–H groups in total. The maximum Gasteiger partial charge on any atom is 0.433 e. The minimum absolute atomic E-state index is 0.0533. The van der Waals surface area contributed by atoms with E-state index < -0.39 is 24.1 Å². The summed E-state index contributed by atoms with van der Waals surface area (Å²) >= 11 is 6.40. The number of alkyl halides is 3. The number of hydrogen-bond donors (Lipinski definition) is 1. The van der Waals surface area contributed by atoms with E-state index in [0.29, 0.717) is 17.0 Å². The quantitative estimate of drug-likeness (QED) is 0.495. The van der Waals surface area contributed by atoms with Crippen LogP contribution in [-0.2, 0) is 10.9 Å². The van der Waals surface area contributed by atoms with Gasteiger partial charge in [-0.25, -0.2) is 9.97 Å². The molecular weight excluding hydrogens is 451 g/mol. The number of fused-ring (bicyclic) bond motifs is 3. The second kappa shape index (κ2) is 7.54. The van der Waals surface area contributed by atoms with Crippen LogP contribution in [0, 0.1) is 6.92 Å². The molecule has 0 aliphatic carbocycles. The van der Waals surface area contributed by atoms with Crippen molar-refractivity contribution in [2.75, 3.05) is 13.2 Å². The summed E-state index contributed by atoms with van der Waals surface area (Å²) in [5.41, 5.74) is 0.223. The lowest BCUT2D eigenvalue weighted by Gasteiger charge is -2.16. The molecule has 0 bridgehead atoms. The van der Waals surface area contributed by atoms with Crippen LogP contribution < -0.4 is 4.74 Å². The van der Waals surface area contributed by atoms with Crippen molar-refractivity contribution in [1.29, 1.82) is 0 Å². The van der Waals surface area contributed by atoms with Gasteiger partial charge >= 0.3 is 6.18 Å². The molecule has 1 saturated heterocycles. The van der Waals surface area contributed by atoms with Crippen molar-refractivity contribution in [3.63, 3.8) is 0 Å². The van der Waals surface area contributed by atoms with E-state index in [9.17, 15) is 18.3 Å². The summed E-state index contributed by atoms with van der Waals surface area (Å²) in [5, 5.41) is 18.5. The van der Waals surface area contributed by atoms with Gasteiger partial charge < -0.3 is 14.6 Å². The molecular formula is C20H15ClF3N5O3. The van der Waals surface area contributed by atoms with Gasteiger partial charge in [0.1, 0.15) is 29.2 Å². The van der Waals surface area contributed by atoms with Gasteiger partial charge in [0.15, 0.2) is 17.1 Å². The monoisotopic (exact) mass is 465 g/mol. The first-order valence-corrected chi connectivity index (χ1v) is 9.92. The van der Waals surface area contributed by atoms with Crippen LogP contribution >= 0.6 is 11.6 Å². The maximum atomic E-state index is 13.3. The molecule has 4 aromatic rings. The molecule has 5 rings (SSSR count). The molecule has 0 radical (unpaired) electrons. The number of aliphatic hydroxyl groups excluding tert-OH is 1. The Morgan fingerprint density at radius 3 is 2.66 bits per heavy atom. The number of ether oxygens (including phenoxy) is 2. The molecule has 1 aromatic carbocycles. The minimum atomic E-state index is -4.63. The standard InChI is InChI=1S/C20H15ClF3N5O3/c1-9-17-27-28-18(29(17)19-13(25-9)4-5-16(26-19)20(22,23)24)11-6-10(2-3-12(11)21)32-15-8-31-7-14(15)30/h2-6,14-15,30H,7-8H2,1H3. The fraction of sp³-hybridized carbons (Fsp3) is 0.300. The predicted molar refractivity (Wildman–Crippen MR) is 108 cm³/mol. The molecule has 32 heavy (non-hydrogen) atoms. The molecule has 166 valence electrons. The van der Waals surface area contributed by atoms with Crippen LogP contribution in [0.5, 0.6) is 5.75 Å². The number of rotatable bonds is 3. The minimum Gasteiger partial charge on any atom is -0.485 e. The molecule has 2 unspecified atom stereocenters. The first-order chi connectivity index (χ1) is 15.2. The highest BCUT2D eigenvalue weighted by Crippen LogP contribution is 2.34. The summed E-state index contributed by atoms with van der Waals surface area (Å²) in [5.74, 6) is 0.565. The lowest BCUT2D eigenvalue weighted by atomic mass is 10.2. The van der Waals surface area contributed by atoms with Gasteiger partial charge in [0.25, 0.3) is 0 Å². The van der Waals surface area contributed by atoms with Gasteiger partial charge in [-0.3, -0.25) is 4.40 Å². The average molecular weight is 466 g/mol. The van der Waals surface area contributed by atoms with Crippen LogP contribution in [0.25, 0.3) is 28.2 Å². The van der Waals surface area contributed by atoms with Crippen LogP contribution in [-0.4, -0.2) is 55.1 Å². The number of hydrogen-bond acceptors (Lipinski definition) is 7. The zero-order valence-electron chi connectivity index (χ0n) is 16.5. The largest absolute Gasteiger partial charge is 0.485 e. The number of aliphatic hydroxyl groups is 1. The van der Waals surface area contributed by atoms with Crippen molar-refractivity contribution < 1.29 is 27.8 Å². The summed E-state index contributed by atoms with van der Waals surface area (Å²) in [7, 11) is 0. The molecule has 12 heteroatoms. The van der Waals surface area contributed by atoms with Gasteiger partial charge in [0, 0.05) is 5.56 Å². The van der Waals surface area contributed by atoms with Crippen molar-refractivity contribution >= 4 is 28.4 Å². The molecule has 8 nitrogen and oxygen atoms in total. The Morgan fingerprint density at radius 2 is 1.94 bits per heavy atom. The zero-order valence-corrected chi connectivity index (χ0v) is 17.2. The Bertz CT molecular complexity index is 1340. The Morgan fingerprint density at radius 1 is 1.12 bits per heavy atom. The first-order valence-electron chi connectivity index (χ1n) is 9.54. The zero-order chi connectivity index (χ0) is 22.6. The number of pyridine rings is 1. The third-order valence-corrected chi connectivity index (χ3v) is 5.43. The number of aromatic nitrogens is 5. The van der Waals surface area contributed by atoms with Crippen molar-refractivity contribution in [3.05, 3.63) is 46.7 Å². The fourth-order valence-electron chi connectivity index (χ4n) is 3.53. The highest BCUT2D eigenvalue weighted by Gasteiger charge is 2.33. The van der Waals surface area contributed by atoms with Crippen molar-refractivity contribution in [2.45, 2.75) is 25.3 Å². The average Bonchev–Trinajstić information content (AvgIpc) is 3.36. The van der Waals surface area contributed by atoms with E-state index in [2.05, 4.69) is 20.2 Å². The number of aryl methyl sites for hydroxylation is 1. The third-order valence-electron chi connectivity index (χ3n) is 5.10. The third kappa shape index (κ3) is 3.51. The number of benzene rings is 1. The van der Waals surface area contributed by atoms with Crippen LogP contribution in [0.15, 0.2) is 30.3 Å². The van der Waals surface area contributed by atoms with Gasteiger partial charge in [-0.05, 0) is 37.3 Å². The Balaban J connectivity index is 1.70. The Labute approximate surface area is 183 Å². The van der Waals surface area contributed by atoms with E-state index >= 15 is 0 Å². The molecule has 0 saturated carbocycles. The van der Waals surface area contributed by atoms with E-state index in [1.807, 2.05) is 0 Å².